The lowest BCUT2D eigenvalue weighted by atomic mass is 10.0. The van der Waals surface area contributed by atoms with Crippen molar-refractivity contribution in [1.82, 2.24) is 14.9 Å². The van der Waals surface area contributed by atoms with Crippen LogP contribution in [0.4, 0.5) is 0 Å². The number of hydrogen-bond acceptors (Lipinski definition) is 6. The molecule has 0 spiro atoms. The van der Waals surface area contributed by atoms with Gasteiger partial charge < -0.3 is 14.6 Å². The molecule has 1 N–H and O–H groups in total. The molecule has 0 bridgehead atoms. The molecule has 0 radical (unpaired) electrons. The summed E-state index contributed by atoms with van der Waals surface area (Å²) < 4.78 is 29.4. The van der Waals surface area contributed by atoms with E-state index in [-0.39, 0.29) is 10.8 Å². The Morgan fingerprint density at radius 1 is 1.06 bits per heavy atom. The zero-order chi connectivity index (χ0) is 23.9. The number of imidazole rings is 1. The van der Waals surface area contributed by atoms with Gasteiger partial charge in [0.2, 0.25) is 0 Å². The van der Waals surface area contributed by atoms with Gasteiger partial charge in [-0.25, -0.2) is 13.4 Å². The van der Waals surface area contributed by atoms with Crippen LogP contribution in [0.3, 0.4) is 0 Å². The molecular weight excluding hydrogens is 470 g/mol. The number of aromatic amines is 1. The highest BCUT2D eigenvalue weighted by atomic mass is 32.2. The predicted octanol–water partition coefficient (Wildman–Crippen LogP) is 4.39. The molecule has 1 aromatic heterocycles. The van der Waals surface area contributed by atoms with Gasteiger partial charge in [0.25, 0.3) is 5.91 Å². The normalized spacial score (nSPS) is 13.9. The largest absolute Gasteiger partial charge is 0.491 e. The second kappa shape index (κ2) is 8.81. The summed E-state index contributed by atoms with van der Waals surface area (Å²) in [7, 11) is -3.31. The summed E-state index contributed by atoms with van der Waals surface area (Å²) >= 11 is 1.57. The van der Waals surface area contributed by atoms with Crippen LogP contribution in [0.1, 0.15) is 15.9 Å². The molecule has 3 aromatic carbocycles. The molecule has 34 heavy (non-hydrogen) atoms. The van der Waals surface area contributed by atoms with Crippen molar-refractivity contribution in [3.05, 3.63) is 71.8 Å². The van der Waals surface area contributed by atoms with Crippen molar-refractivity contribution >= 4 is 38.5 Å². The molecule has 2 heterocycles. The number of hydrogen-bond donors (Lipinski definition) is 1. The van der Waals surface area contributed by atoms with Gasteiger partial charge in [0.1, 0.15) is 12.4 Å². The number of fused-ring (bicyclic) bond motifs is 2. The number of ether oxygens (including phenoxy) is 1. The van der Waals surface area contributed by atoms with E-state index in [9.17, 15) is 13.2 Å². The van der Waals surface area contributed by atoms with E-state index in [0.717, 1.165) is 44.9 Å². The molecule has 1 aliphatic heterocycles. The first kappa shape index (κ1) is 22.5. The van der Waals surface area contributed by atoms with E-state index in [1.54, 1.807) is 28.8 Å². The Morgan fingerprint density at radius 2 is 1.79 bits per heavy atom. The number of nitrogens with one attached hydrogen (secondary N) is 1. The summed E-state index contributed by atoms with van der Waals surface area (Å²) in [6, 6.07) is 18.2. The highest BCUT2D eigenvalue weighted by molar-refractivity contribution is 7.98. The molecule has 0 saturated carbocycles. The highest BCUT2D eigenvalue weighted by Gasteiger charge is 2.22. The van der Waals surface area contributed by atoms with Crippen LogP contribution in [-0.4, -0.2) is 54.9 Å². The van der Waals surface area contributed by atoms with Gasteiger partial charge in [-0.3, -0.25) is 4.79 Å². The first-order valence-electron chi connectivity index (χ1n) is 10.7. The minimum Gasteiger partial charge on any atom is -0.491 e. The molecule has 5 rings (SSSR count). The quantitative estimate of drug-likeness (QED) is 0.424. The van der Waals surface area contributed by atoms with Crippen LogP contribution in [-0.2, 0) is 16.4 Å². The van der Waals surface area contributed by atoms with Crippen molar-refractivity contribution in [3.8, 4) is 16.9 Å². The Bertz CT molecular complexity index is 1490. The monoisotopic (exact) mass is 493 g/mol. The van der Waals surface area contributed by atoms with Gasteiger partial charge in [-0.15, -0.1) is 0 Å². The first-order valence-corrected chi connectivity index (χ1v) is 13.8. The summed E-state index contributed by atoms with van der Waals surface area (Å²) in [6.45, 7) is 1.23. The summed E-state index contributed by atoms with van der Waals surface area (Å²) in [5, 5.41) is 0.876. The highest BCUT2D eigenvalue weighted by Crippen LogP contribution is 2.31. The summed E-state index contributed by atoms with van der Waals surface area (Å²) in [4.78, 5) is 22.9. The zero-order valence-electron chi connectivity index (χ0n) is 18.7. The minimum atomic E-state index is -3.31. The van der Waals surface area contributed by atoms with E-state index >= 15 is 0 Å². The van der Waals surface area contributed by atoms with Crippen LogP contribution in [0.5, 0.6) is 5.75 Å². The van der Waals surface area contributed by atoms with Crippen LogP contribution in [0.15, 0.2) is 70.7 Å². The number of thioether (sulfide) groups is 1. The van der Waals surface area contributed by atoms with Gasteiger partial charge in [-0.2, -0.15) is 0 Å². The number of sulfone groups is 1. The molecule has 0 atom stereocenters. The number of H-pyrrole nitrogens is 1. The third-order valence-corrected chi connectivity index (χ3v) is 7.55. The first-order chi connectivity index (χ1) is 16.3. The average molecular weight is 494 g/mol. The van der Waals surface area contributed by atoms with Gasteiger partial charge in [0.15, 0.2) is 15.0 Å². The topological polar surface area (TPSA) is 92.4 Å². The number of aromatic nitrogens is 2. The number of amides is 1. The van der Waals surface area contributed by atoms with Crippen LogP contribution in [0, 0.1) is 0 Å². The standard InChI is InChI=1S/C25H23N3O4S2/c1-33-25-26-21-9-5-18(14-22(21)27-25)17-6-10-23-19(13-17)15-28(11-12-32-23)24(29)16-3-7-20(8-4-16)34(2,30)31/h3-10,13-14H,11-12,15H2,1-2H3,(H,26,27). The van der Waals surface area contributed by atoms with Gasteiger partial charge in [-0.1, -0.05) is 23.9 Å². The van der Waals surface area contributed by atoms with E-state index in [1.165, 1.54) is 12.1 Å². The lowest BCUT2D eigenvalue weighted by molar-refractivity contribution is 0.0733. The Kier molecular flexibility index (Phi) is 5.83. The number of benzene rings is 3. The third-order valence-electron chi connectivity index (χ3n) is 5.84. The fourth-order valence-corrected chi connectivity index (χ4v) is 5.07. The van der Waals surface area contributed by atoms with Crippen molar-refractivity contribution in [2.45, 2.75) is 16.6 Å². The SMILES string of the molecule is CSc1nc2ccc(-c3ccc4c(c3)CN(C(=O)c3ccc(S(C)(=O)=O)cc3)CCO4)cc2[nH]1. The second-order valence-electron chi connectivity index (χ2n) is 8.17. The molecule has 1 aliphatic rings. The number of nitrogens with zero attached hydrogens (tertiary/aromatic N) is 2. The third kappa shape index (κ3) is 4.41. The maximum Gasteiger partial charge on any atom is 0.254 e. The van der Waals surface area contributed by atoms with Gasteiger partial charge in [0, 0.05) is 23.9 Å². The van der Waals surface area contributed by atoms with Crippen LogP contribution in [0.2, 0.25) is 0 Å². The van der Waals surface area contributed by atoms with Crippen molar-refractivity contribution in [3.63, 3.8) is 0 Å². The molecule has 1 amide bonds. The summed E-state index contributed by atoms with van der Waals surface area (Å²) in [5.74, 6) is 0.601. The van der Waals surface area contributed by atoms with Crippen LogP contribution < -0.4 is 4.74 Å². The van der Waals surface area contributed by atoms with Crippen molar-refractivity contribution in [2.75, 3.05) is 25.7 Å². The number of carbonyl (C=O) groups excluding carboxylic acids is 1. The molecule has 0 aliphatic carbocycles. The maximum atomic E-state index is 13.2. The van der Waals surface area contributed by atoms with Crippen molar-refractivity contribution in [1.29, 1.82) is 0 Å². The minimum absolute atomic E-state index is 0.162. The fourth-order valence-electron chi connectivity index (χ4n) is 4.04. The van der Waals surface area contributed by atoms with E-state index in [0.29, 0.717) is 25.3 Å². The van der Waals surface area contributed by atoms with Gasteiger partial charge in [-0.05, 0) is 65.9 Å². The average Bonchev–Trinajstić information content (AvgIpc) is 3.13. The lowest BCUT2D eigenvalue weighted by Gasteiger charge is -2.20. The molecule has 0 fully saturated rings. The number of rotatable bonds is 4. The summed E-state index contributed by atoms with van der Waals surface area (Å²) in [6.07, 6.45) is 3.13. The van der Waals surface area contributed by atoms with Gasteiger partial charge in [0.05, 0.1) is 22.5 Å². The predicted molar refractivity (Wildman–Crippen MR) is 133 cm³/mol. The van der Waals surface area contributed by atoms with Crippen LogP contribution in [0.25, 0.3) is 22.2 Å². The molecule has 9 heteroatoms. The molecular formula is C25H23N3O4S2. The van der Waals surface area contributed by atoms with Crippen molar-refractivity contribution < 1.29 is 17.9 Å². The molecule has 4 aromatic rings. The second-order valence-corrected chi connectivity index (χ2v) is 11.0. The van der Waals surface area contributed by atoms with E-state index < -0.39 is 9.84 Å². The van der Waals surface area contributed by atoms with E-state index in [4.69, 9.17) is 4.74 Å². The Morgan fingerprint density at radius 3 is 2.53 bits per heavy atom. The lowest BCUT2D eigenvalue weighted by Crippen LogP contribution is -2.32. The van der Waals surface area contributed by atoms with Crippen molar-refractivity contribution in [2.24, 2.45) is 0 Å². The molecule has 0 saturated heterocycles. The van der Waals surface area contributed by atoms with Gasteiger partial charge >= 0.3 is 0 Å². The fraction of sp³-hybridized carbons (Fsp3) is 0.200. The smallest absolute Gasteiger partial charge is 0.254 e. The molecule has 7 nitrogen and oxygen atoms in total. The van der Waals surface area contributed by atoms with Crippen LogP contribution >= 0.6 is 11.8 Å². The molecule has 174 valence electrons. The van der Waals surface area contributed by atoms with E-state index in [2.05, 4.69) is 22.1 Å². The number of carbonyl (C=O) groups is 1. The zero-order valence-corrected chi connectivity index (χ0v) is 20.4. The Hall–Kier alpha value is -3.30. The summed E-state index contributed by atoms with van der Waals surface area (Å²) in [5.41, 5.74) is 5.33. The molecule has 0 unspecified atom stereocenters. The Balaban J connectivity index is 1.42. The maximum absolute atomic E-state index is 13.2. The Labute approximate surface area is 202 Å². The van der Waals surface area contributed by atoms with E-state index in [1.807, 2.05) is 30.5 Å².